The van der Waals surface area contributed by atoms with E-state index in [-0.39, 0.29) is 28.7 Å². The zero-order chi connectivity index (χ0) is 26.0. The molecule has 2 aromatic rings. The van der Waals surface area contributed by atoms with Crippen molar-refractivity contribution in [2.24, 2.45) is 5.41 Å². The predicted octanol–water partition coefficient (Wildman–Crippen LogP) is 5.55. The zero-order valence-electron chi connectivity index (χ0n) is 20.8. The number of hydrogen-bond acceptors (Lipinski definition) is 3. The third kappa shape index (κ3) is 3.68. The number of anilines is 1. The number of amides is 2. The smallest absolute Gasteiger partial charge is 0.450 e. The lowest BCUT2D eigenvalue weighted by molar-refractivity contribution is -0.170. The van der Waals surface area contributed by atoms with Crippen molar-refractivity contribution < 1.29 is 27.9 Å². The molecule has 2 atom stereocenters. The van der Waals surface area contributed by atoms with E-state index < -0.39 is 18.4 Å². The van der Waals surface area contributed by atoms with E-state index >= 15 is 0 Å². The average molecular weight is 501 g/mol. The highest BCUT2D eigenvalue weighted by Gasteiger charge is 2.57. The summed E-state index contributed by atoms with van der Waals surface area (Å²) in [4.78, 5) is 29.1. The van der Waals surface area contributed by atoms with Gasteiger partial charge in [0.2, 0.25) is 5.78 Å². The van der Waals surface area contributed by atoms with Crippen molar-refractivity contribution in [3.05, 3.63) is 58.7 Å². The van der Waals surface area contributed by atoms with Crippen molar-refractivity contribution in [3.8, 4) is 5.75 Å². The lowest BCUT2D eigenvalue weighted by atomic mass is 9.51. The van der Waals surface area contributed by atoms with E-state index in [9.17, 15) is 27.9 Å². The molecule has 36 heavy (non-hydrogen) atoms. The molecule has 5 rings (SSSR count). The number of carbonyl (C=O) groups excluding carboxylic acids is 2. The van der Waals surface area contributed by atoms with Crippen LogP contribution in [0.4, 0.5) is 23.7 Å². The Kier molecular flexibility index (Phi) is 5.65. The molecule has 2 aromatic carbocycles. The maximum Gasteiger partial charge on any atom is 0.450 e. The number of alkyl halides is 3. The second-order valence-corrected chi connectivity index (χ2v) is 11.1. The number of piperidine rings is 1. The van der Waals surface area contributed by atoms with Crippen LogP contribution in [0, 0.1) is 5.41 Å². The highest BCUT2D eigenvalue weighted by atomic mass is 19.4. The Morgan fingerprint density at radius 3 is 2.58 bits per heavy atom. The van der Waals surface area contributed by atoms with Crippen molar-refractivity contribution in [2.75, 3.05) is 18.0 Å². The van der Waals surface area contributed by atoms with Crippen LogP contribution in [0.25, 0.3) is 0 Å². The molecule has 2 amide bonds. The Morgan fingerprint density at radius 2 is 1.86 bits per heavy atom. The van der Waals surface area contributed by atoms with E-state index in [1.54, 1.807) is 23.1 Å². The van der Waals surface area contributed by atoms with Gasteiger partial charge >= 0.3 is 12.2 Å². The van der Waals surface area contributed by atoms with Gasteiger partial charge in [0.05, 0.1) is 0 Å². The molecule has 8 heteroatoms. The van der Waals surface area contributed by atoms with E-state index in [1.807, 2.05) is 11.0 Å². The Balaban J connectivity index is 1.45. The zero-order valence-corrected chi connectivity index (χ0v) is 20.8. The normalized spacial score (nSPS) is 24.7. The van der Waals surface area contributed by atoms with Gasteiger partial charge in [0.15, 0.2) is 0 Å². The van der Waals surface area contributed by atoms with E-state index in [0.29, 0.717) is 43.6 Å². The average Bonchev–Trinajstić information content (AvgIpc) is 2.80. The van der Waals surface area contributed by atoms with E-state index in [0.717, 1.165) is 23.1 Å². The van der Waals surface area contributed by atoms with Crippen molar-refractivity contribution >= 4 is 17.5 Å². The first-order valence-corrected chi connectivity index (χ1v) is 12.5. The lowest BCUT2D eigenvalue weighted by Crippen LogP contribution is -2.66. The molecule has 2 heterocycles. The first kappa shape index (κ1) is 24.7. The van der Waals surface area contributed by atoms with Crippen molar-refractivity contribution in [1.82, 2.24) is 4.90 Å². The molecule has 0 spiro atoms. The van der Waals surface area contributed by atoms with Gasteiger partial charge < -0.3 is 10.0 Å². The second kappa shape index (κ2) is 8.25. The van der Waals surface area contributed by atoms with Gasteiger partial charge in [0.1, 0.15) is 5.75 Å². The molecule has 1 saturated heterocycles. The summed E-state index contributed by atoms with van der Waals surface area (Å²) in [6.07, 6.45) is -2.90. The molecule has 5 nitrogen and oxygen atoms in total. The number of Topliss-reactive ketones (excluding diaryl/α,β-unsaturated/α-hetero) is 1. The number of fused-ring (bicyclic) bond motifs is 5. The van der Waals surface area contributed by atoms with Gasteiger partial charge in [-0.05, 0) is 65.5 Å². The summed E-state index contributed by atoms with van der Waals surface area (Å²) in [5.74, 6) is -1.51. The Labute approximate surface area is 208 Å². The van der Waals surface area contributed by atoms with Crippen LogP contribution in [0.15, 0.2) is 36.4 Å². The number of rotatable bonds is 2. The summed E-state index contributed by atoms with van der Waals surface area (Å²) in [7, 11) is 0. The van der Waals surface area contributed by atoms with Crippen LogP contribution < -0.4 is 4.90 Å². The largest absolute Gasteiger partial charge is 0.508 e. The number of carbonyl (C=O) groups is 2. The number of urea groups is 1. The number of aromatic hydroxyl groups is 1. The molecule has 0 aromatic heterocycles. The molecular formula is C28H31F3N2O3. The summed E-state index contributed by atoms with van der Waals surface area (Å²) in [6.45, 7) is 7.72. The molecule has 2 aliphatic heterocycles. The Hall–Kier alpha value is -3.03. The number of phenols is 1. The topological polar surface area (TPSA) is 60.9 Å². The van der Waals surface area contributed by atoms with Crippen LogP contribution in [0.1, 0.15) is 55.9 Å². The Morgan fingerprint density at radius 1 is 1.11 bits per heavy atom. The molecule has 1 N–H and O–H groups in total. The van der Waals surface area contributed by atoms with Crippen LogP contribution in [0.5, 0.6) is 5.75 Å². The van der Waals surface area contributed by atoms with Crippen LogP contribution in [0.3, 0.4) is 0 Å². The fourth-order valence-electron chi connectivity index (χ4n) is 6.55. The quantitative estimate of drug-likeness (QED) is 0.588. The minimum Gasteiger partial charge on any atom is -0.508 e. The highest BCUT2D eigenvalue weighted by Crippen LogP contribution is 2.57. The third-order valence-electron chi connectivity index (χ3n) is 9.05. The van der Waals surface area contributed by atoms with E-state index in [1.165, 1.54) is 6.07 Å². The summed E-state index contributed by atoms with van der Waals surface area (Å²) in [5.41, 5.74) is 3.41. The van der Waals surface area contributed by atoms with Gasteiger partial charge in [-0.25, -0.2) is 4.79 Å². The standard InChI is InChI=1S/C28H31F3N2O3/c1-26(2)23-16-19-20(7-4-8-22(19)34)27(26,3)11-13-33(23)25(36)32-12-5-6-18-14-17(9-10-21(18)32)15-24(35)28(29,30)31/h4,7-10,14,23,34H,5-6,11-13,15-16H2,1-3H3/t23-,27+/m1/s1. The van der Waals surface area contributed by atoms with Crippen molar-refractivity contribution in [3.63, 3.8) is 0 Å². The minimum atomic E-state index is -4.86. The first-order valence-electron chi connectivity index (χ1n) is 12.5. The van der Waals surface area contributed by atoms with Gasteiger partial charge in [0, 0.05) is 36.7 Å². The molecule has 1 aliphatic carbocycles. The number of phenolic OH excluding ortho intramolecular Hbond substituents is 1. The Bertz CT molecular complexity index is 1240. The van der Waals surface area contributed by atoms with Gasteiger partial charge in [-0.15, -0.1) is 0 Å². The second-order valence-electron chi connectivity index (χ2n) is 11.1. The molecule has 1 fully saturated rings. The molecule has 0 saturated carbocycles. The van der Waals surface area contributed by atoms with Crippen LogP contribution in [-0.4, -0.2) is 47.1 Å². The number of likely N-dealkylation sites (tertiary alicyclic amines) is 1. The molecular weight excluding hydrogens is 469 g/mol. The fraction of sp³-hybridized carbons (Fsp3) is 0.500. The third-order valence-corrected chi connectivity index (χ3v) is 9.05. The van der Waals surface area contributed by atoms with Crippen molar-refractivity contribution in [1.29, 1.82) is 0 Å². The molecule has 0 radical (unpaired) electrons. The number of ketones is 1. The molecule has 192 valence electrons. The van der Waals surface area contributed by atoms with Gasteiger partial charge in [-0.2, -0.15) is 13.2 Å². The highest BCUT2D eigenvalue weighted by molar-refractivity contribution is 5.94. The number of nitrogens with zero attached hydrogens (tertiary/aromatic N) is 2. The van der Waals surface area contributed by atoms with Crippen LogP contribution in [-0.2, 0) is 29.5 Å². The predicted molar refractivity (Wildman–Crippen MR) is 130 cm³/mol. The van der Waals surface area contributed by atoms with Crippen LogP contribution >= 0.6 is 0 Å². The maximum atomic E-state index is 14.0. The minimum absolute atomic E-state index is 0.112. The van der Waals surface area contributed by atoms with E-state index in [2.05, 4.69) is 26.8 Å². The first-order chi connectivity index (χ1) is 16.8. The molecule has 3 aliphatic rings. The number of hydrogen-bond donors (Lipinski definition) is 1. The van der Waals surface area contributed by atoms with Gasteiger partial charge in [0.25, 0.3) is 0 Å². The fourth-order valence-corrected chi connectivity index (χ4v) is 6.55. The van der Waals surface area contributed by atoms with Crippen LogP contribution in [0.2, 0.25) is 0 Å². The summed E-state index contributed by atoms with van der Waals surface area (Å²) >= 11 is 0. The molecule has 0 unspecified atom stereocenters. The number of aryl methyl sites for hydroxylation is 1. The SMILES string of the molecule is CC1(C)[C@H]2Cc3c(O)cccc3[C@]1(C)CCN2C(=O)N1CCCc2cc(CC(=O)C(F)(F)F)ccc21. The summed E-state index contributed by atoms with van der Waals surface area (Å²) in [5, 5.41) is 10.6. The van der Waals surface area contributed by atoms with Gasteiger partial charge in [-0.1, -0.05) is 45.0 Å². The summed E-state index contributed by atoms with van der Waals surface area (Å²) in [6, 6.07) is 10.3. The lowest BCUT2D eigenvalue weighted by Gasteiger charge is -2.61. The molecule has 2 bridgehead atoms. The van der Waals surface area contributed by atoms with Gasteiger partial charge in [-0.3, -0.25) is 9.69 Å². The monoisotopic (exact) mass is 500 g/mol. The number of benzene rings is 2. The van der Waals surface area contributed by atoms with E-state index in [4.69, 9.17) is 0 Å². The number of halogens is 3. The summed E-state index contributed by atoms with van der Waals surface area (Å²) < 4.78 is 38.2. The van der Waals surface area contributed by atoms with Crippen molar-refractivity contribution in [2.45, 2.75) is 70.5 Å². The maximum absolute atomic E-state index is 14.0.